The van der Waals surface area contributed by atoms with Crippen LogP contribution in [0.4, 0.5) is 21.5 Å². The Hall–Kier alpha value is -3.49. The molecule has 2 aromatic carbocycles. The zero-order valence-electron chi connectivity index (χ0n) is 15.8. The number of amides is 1. The number of rotatable bonds is 6. The van der Waals surface area contributed by atoms with Crippen LogP contribution in [0.1, 0.15) is 30.1 Å². The van der Waals surface area contributed by atoms with Crippen molar-refractivity contribution in [1.82, 2.24) is 0 Å². The van der Waals surface area contributed by atoms with Gasteiger partial charge in [-0.15, -0.1) is 0 Å². The maximum Gasteiger partial charge on any atom is 0.339 e. The SMILES string of the molecule is C[C@@H](OC(=O)c1ccc(N2CCCC2)c([N+](=O)[O-])c1)C(=O)Nc1ccc(F)cc1. The number of nitro groups is 1. The lowest BCUT2D eigenvalue weighted by atomic mass is 10.1. The smallest absolute Gasteiger partial charge is 0.339 e. The van der Waals surface area contributed by atoms with Crippen molar-refractivity contribution in [2.45, 2.75) is 25.9 Å². The normalized spacial score (nSPS) is 14.3. The van der Waals surface area contributed by atoms with Gasteiger partial charge in [-0.1, -0.05) is 0 Å². The van der Waals surface area contributed by atoms with Gasteiger partial charge in [0.2, 0.25) is 0 Å². The molecule has 1 atom stereocenters. The lowest BCUT2D eigenvalue weighted by Crippen LogP contribution is -2.30. The largest absolute Gasteiger partial charge is 0.449 e. The van der Waals surface area contributed by atoms with E-state index in [1.54, 1.807) is 0 Å². The van der Waals surface area contributed by atoms with Crippen molar-refractivity contribution in [3.63, 3.8) is 0 Å². The zero-order valence-corrected chi connectivity index (χ0v) is 15.8. The Morgan fingerprint density at radius 2 is 1.83 bits per heavy atom. The van der Waals surface area contributed by atoms with Gasteiger partial charge in [0, 0.05) is 24.8 Å². The molecule has 152 valence electrons. The van der Waals surface area contributed by atoms with E-state index in [2.05, 4.69) is 5.32 Å². The molecule has 0 spiro atoms. The molecular weight excluding hydrogens is 381 g/mol. The number of nitrogens with zero attached hydrogens (tertiary/aromatic N) is 2. The third-order valence-corrected chi connectivity index (χ3v) is 4.62. The molecule has 0 radical (unpaired) electrons. The minimum Gasteiger partial charge on any atom is -0.449 e. The Labute approximate surface area is 166 Å². The third kappa shape index (κ3) is 4.87. The molecule has 1 fully saturated rings. The first-order valence-electron chi connectivity index (χ1n) is 9.16. The van der Waals surface area contributed by atoms with Gasteiger partial charge in [-0.3, -0.25) is 14.9 Å². The van der Waals surface area contributed by atoms with Gasteiger partial charge in [0.1, 0.15) is 11.5 Å². The van der Waals surface area contributed by atoms with Gasteiger partial charge < -0.3 is 15.0 Å². The minimum absolute atomic E-state index is 0.0129. The molecule has 8 nitrogen and oxygen atoms in total. The highest BCUT2D eigenvalue weighted by Gasteiger charge is 2.25. The monoisotopic (exact) mass is 401 g/mol. The average Bonchev–Trinajstić information content (AvgIpc) is 3.23. The molecular formula is C20H20FN3O5. The Morgan fingerprint density at radius 3 is 2.45 bits per heavy atom. The summed E-state index contributed by atoms with van der Waals surface area (Å²) in [4.78, 5) is 37.4. The highest BCUT2D eigenvalue weighted by molar-refractivity contribution is 5.97. The van der Waals surface area contributed by atoms with Crippen LogP contribution in [-0.2, 0) is 9.53 Å². The van der Waals surface area contributed by atoms with Crippen LogP contribution >= 0.6 is 0 Å². The van der Waals surface area contributed by atoms with E-state index in [1.165, 1.54) is 49.4 Å². The Bertz CT molecular complexity index is 926. The van der Waals surface area contributed by atoms with E-state index in [-0.39, 0.29) is 11.3 Å². The second kappa shape index (κ2) is 8.68. The molecule has 0 unspecified atom stereocenters. The predicted molar refractivity (Wildman–Crippen MR) is 104 cm³/mol. The molecule has 1 aliphatic rings. The minimum atomic E-state index is -1.15. The number of nitro benzene ring substituents is 1. The number of esters is 1. The van der Waals surface area contributed by atoms with Crippen LogP contribution in [0, 0.1) is 15.9 Å². The molecule has 0 saturated carbocycles. The van der Waals surface area contributed by atoms with Crippen molar-refractivity contribution in [3.8, 4) is 0 Å². The van der Waals surface area contributed by atoms with E-state index in [0.717, 1.165) is 25.9 Å². The van der Waals surface area contributed by atoms with Crippen LogP contribution < -0.4 is 10.2 Å². The fourth-order valence-electron chi connectivity index (χ4n) is 3.08. The molecule has 3 rings (SSSR count). The maximum atomic E-state index is 12.9. The summed E-state index contributed by atoms with van der Waals surface area (Å²) in [5.41, 5.74) is 0.627. The summed E-state index contributed by atoms with van der Waals surface area (Å²) in [6.45, 7) is 2.83. The molecule has 0 aliphatic carbocycles. The lowest BCUT2D eigenvalue weighted by molar-refractivity contribution is -0.384. The number of ether oxygens (including phenoxy) is 1. The topological polar surface area (TPSA) is 102 Å². The van der Waals surface area contributed by atoms with E-state index in [9.17, 15) is 24.1 Å². The number of carbonyl (C=O) groups is 2. The molecule has 1 heterocycles. The van der Waals surface area contributed by atoms with E-state index in [0.29, 0.717) is 11.4 Å². The molecule has 1 aliphatic heterocycles. The average molecular weight is 401 g/mol. The molecule has 1 saturated heterocycles. The quantitative estimate of drug-likeness (QED) is 0.451. The van der Waals surface area contributed by atoms with Crippen LogP contribution in [0.3, 0.4) is 0 Å². The van der Waals surface area contributed by atoms with Crippen LogP contribution in [0.5, 0.6) is 0 Å². The van der Waals surface area contributed by atoms with Crippen molar-refractivity contribution < 1.29 is 23.6 Å². The van der Waals surface area contributed by atoms with E-state index in [4.69, 9.17) is 4.74 Å². The zero-order chi connectivity index (χ0) is 21.0. The number of carbonyl (C=O) groups excluding carboxylic acids is 2. The summed E-state index contributed by atoms with van der Waals surface area (Å²) in [7, 11) is 0. The number of hydrogen-bond acceptors (Lipinski definition) is 6. The summed E-state index contributed by atoms with van der Waals surface area (Å²) in [5.74, 6) is -1.89. The Morgan fingerprint density at radius 1 is 1.17 bits per heavy atom. The maximum absolute atomic E-state index is 12.9. The number of halogens is 1. The standard InChI is InChI=1S/C20H20FN3O5/c1-13(19(25)22-16-7-5-15(21)6-8-16)29-20(26)14-4-9-17(18(12-14)24(27)28)23-10-2-3-11-23/h4-9,12-13H,2-3,10-11H2,1H3,(H,22,25)/t13-/m1/s1. The van der Waals surface area contributed by atoms with Crippen molar-refractivity contribution in [1.29, 1.82) is 0 Å². The summed E-state index contributed by atoms with van der Waals surface area (Å²) in [6, 6.07) is 9.28. The second-order valence-corrected chi connectivity index (χ2v) is 6.70. The van der Waals surface area contributed by atoms with Crippen LogP contribution in [-0.4, -0.2) is 36.0 Å². The molecule has 1 amide bonds. The van der Waals surface area contributed by atoms with Gasteiger partial charge in [-0.2, -0.15) is 0 Å². The third-order valence-electron chi connectivity index (χ3n) is 4.62. The van der Waals surface area contributed by atoms with Crippen LogP contribution in [0.25, 0.3) is 0 Å². The van der Waals surface area contributed by atoms with Gasteiger partial charge in [-0.05, 0) is 56.2 Å². The van der Waals surface area contributed by atoms with Crippen molar-refractivity contribution in [3.05, 3.63) is 64.0 Å². The van der Waals surface area contributed by atoms with Crippen LogP contribution in [0.2, 0.25) is 0 Å². The molecule has 0 aromatic heterocycles. The number of benzene rings is 2. The fraction of sp³-hybridized carbons (Fsp3) is 0.300. The van der Waals surface area contributed by atoms with Gasteiger partial charge in [0.05, 0.1) is 10.5 Å². The first-order chi connectivity index (χ1) is 13.8. The van der Waals surface area contributed by atoms with E-state index < -0.39 is 28.7 Å². The van der Waals surface area contributed by atoms with Crippen LogP contribution in [0.15, 0.2) is 42.5 Å². The molecule has 2 aromatic rings. The number of anilines is 2. The second-order valence-electron chi connectivity index (χ2n) is 6.70. The Balaban J connectivity index is 1.69. The Kier molecular flexibility index (Phi) is 6.06. The van der Waals surface area contributed by atoms with Gasteiger partial charge >= 0.3 is 5.97 Å². The van der Waals surface area contributed by atoms with Gasteiger partial charge in [0.25, 0.3) is 11.6 Å². The lowest BCUT2D eigenvalue weighted by Gasteiger charge is -2.18. The number of nitrogens with one attached hydrogen (secondary N) is 1. The fourth-order valence-corrected chi connectivity index (χ4v) is 3.08. The van der Waals surface area contributed by atoms with E-state index >= 15 is 0 Å². The molecule has 29 heavy (non-hydrogen) atoms. The molecule has 0 bridgehead atoms. The number of hydrogen-bond donors (Lipinski definition) is 1. The molecule has 1 N–H and O–H groups in total. The van der Waals surface area contributed by atoms with Gasteiger partial charge in [0.15, 0.2) is 6.10 Å². The van der Waals surface area contributed by atoms with E-state index in [1.807, 2.05) is 4.90 Å². The first kappa shape index (κ1) is 20.2. The van der Waals surface area contributed by atoms with Gasteiger partial charge in [-0.25, -0.2) is 9.18 Å². The summed E-state index contributed by atoms with van der Waals surface area (Å²) in [6.07, 6.45) is 0.772. The van der Waals surface area contributed by atoms with Crippen molar-refractivity contribution in [2.24, 2.45) is 0 Å². The predicted octanol–water partition coefficient (Wildman–Crippen LogP) is 3.52. The summed E-state index contributed by atoms with van der Waals surface area (Å²) >= 11 is 0. The highest BCUT2D eigenvalue weighted by atomic mass is 19.1. The van der Waals surface area contributed by atoms with Crippen molar-refractivity contribution >= 4 is 28.9 Å². The summed E-state index contributed by atoms with van der Waals surface area (Å²) < 4.78 is 18.1. The highest BCUT2D eigenvalue weighted by Crippen LogP contribution is 2.32. The first-order valence-corrected chi connectivity index (χ1v) is 9.16. The van der Waals surface area contributed by atoms with Crippen molar-refractivity contribution in [2.75, 3.05) is 23.3 Å². The summed E-state index contributed by atoms with van der Waals surface area (Å²) in [5, 5.41) is 14.0. The molecule has 9 heteroatoms.